The molecule has 0 spiro atoms. The van der Waals surface area contributed by atoms with E-state index in [4.69, 9.17) is 30.1 Å². The van der Waals surface area contributed by atoms with Crippen molar-refractivity contribution in [1.29, 1.82) is 0 Å². The van der Waals surface area contributed by atoms with E-state index in [0.29, 0.717) is 12.8 Å². The molecule has 28 heteroatoms. The molecule has 428 valence electrons. The molecule has 0 radical (unpaired) electrons. The highest BCUT2D eigenvalue weighted by Gasteiger charge is 2.59. The van der Waals surface area contributed by atoms with E-state index in [0.717, 1.165) is 50.3 Å². The maximum atomic E-state index is 12.9. The Labute approximate surface area is 443 Å². The maximum Gasteiger partial charge on any atom is 0.472 e. The van der Waals surface area contributed by atoms with E-state index in [2.05, 4.69) is 96.8 Å². The van der Waals surface area contributed by atoms with Crippen LogP contribution in [0.1, 0.15) is 135 Å². The standard InChI is InChI=1S/C26H54O22P4.C18H8OS.13H2/c1-2-3-4-5-6-7-8-9-10-11-12-13-14-15-20(28)44-19(16-42-18-27)17-43-52(40,41)48-23-21(29)24(45-49(31,32)33)26(47-51(37,38)39)25(22(23)30)46-50(34,35)36;1-3-5-6-7-8-9-10-11-12-13-14-15-17-20-18(19)16-4-2;;;;;;;;;;;;;/h19,21-27,29-30H,2-18H2,1H3,(H,40,41)(H2,31,32,33)(H2,34,35,36)(H2,37,38,39);1H,4,16H2,2H3;13*1H/t19-,21-,22?,23?,24?,25+,26?;;;;;;;;;;;;;;/m1............../s1. The van der Waals surface area contributed by atoms with Crippen LogP contribution in [0, 0.1) is 82.7 Å². The second-order valence-electron chi connectivity index (χ2n) is 14.9. The Morgan fingerprint density at radius 3 is 1.39 bits per heavy atom. The van der Waals surface area contributed by atoms with Crippen LogP contribution in [0.2, 0.25) is 0 Å². The molecule has 8 atom stereocenters. The van der Waals surface area contributed by atoms with Crippen molar-refractivity contribution in [2.75, 3.05) is 20.0 Å². The number of unbranched alkanes of at least 4 members (excludes halogenated alkanes) is 12. The number of hydrogen-bond donors (Lipinski definition) is 10. The number of phosphoric acid groups is 4. The third kappa shape index (κ3) is 37.4. The van der Waals surface area contributed by atoms with Gasteiger partial charge in [0.15, 0.2) is 0 Å². The monoisotopic (exact) mass is 1140 g/mol. The molecule has 0 saturated heterocycles. The van der Waals surface area contributed by atoms with Gasteiger partial charge >= 0.3 is 37.3 Å². The number of hydrogen-bond acceptors (Lipinski definition) is 17. The van der Waals surface area contributed by atoms with Gasteiger partial charge in [0.2, 0.25) is 5.12 Å². The van der Waals surface area contributed by atoms with Crippen LogP contribution in [-0.4, -0.2) is 123 Å². The first-order chi connectivity index (χ1) is 33.9. The fraction of sp³-hybridized carbons (Fsp3) is 0.636. The number of aliphatic hydroxyl groups is 3. The molecule has 1 fully saturated rings. The zero-order valence-electron chi connectivity index (χ0n) is 39.5. The summed E-state index contributed by atoms with van der Waals surface area (Å²) < 4.78 is 79.8. The van der Waals surface area contributed by atoms with Gasteiger partial charge in [0.1, 0.15) is 49.5 Å². The van der Waals surface area contributed by atoms with Crippen LogP contribution in [0.15, 0.2) is 0 Å². The number of thioether (sulfide) groups is 1. The number of esters is 1. The van der Waals surface area contributed by atoms with E-state index < -0.39 is 100.0 Å². The van der Waals surface area contributed by atoms with E-state index in [9.17, 15) is 72.3 Å². The van der Waals surface area contributed by atoms with Crippen molar-refractivity contribution in [2.24, 2.45) is 0 Å². The molecule has 0 heterocycles. The van der Waals surface area contributed by atoms with Gasteiger partial charge < -0.3 is 59.0 Å². The molecule has 0 bridgehead atoms. The lowest BCUT2D eigenvalue weighted by atomic mass is 9.85. The number of ether oxygens (including phenoxy) is 2. The average molecular weight is 1140 g/mol. The normalized spacial score (nSPS) is 19.4. The van der Waals surface area contributed by atoms with Crippen LogP contribution in [0.3, 0.4) is 0 Å². The highest BCUT2D eigenvalue weighted by atomic mass is 32.2. The first-order valence-electron chi connectivity index (χ1n) is 22.2. The molecule has 23 nitrogen and oxygen atoms in total. The molecule has 0 amide bonds. The van der Waals surface area contributed by atoms with Crippen LogP contribution >= 0.6 is 43.1 Å². The van der Waals surface area contributed by atoms with E-state index in [1.165, 1.54) is 44.9 Å². The first-order valence-corrected chi connectivity index (χ1v) is 29.1. The van der Waals surface area contributed by atoms with Gasteiger partial charge in [0.25, 0.3) is 0 Å². The van der Waals surface area contributed by atoms with E-state index in [1.54, 1.807) is 0 Å². The van der Waals surface area contributed by atoms with Crippen LogP contribution in [-0.2, 0) is 59.9 Å². The molecule has 0 aromatic rings. The van der Waals surface area contributed by atoms with Crippen LogP contribution in [0.4, 0.5) is 0 Å². The minimum Gasteiger partial charge on any atom is -0.457 e. The second-order valence-corrected chi connectivity index (χ2v) is 20.8. The molecule has 1 aliphatic rings. The quantitative estimate of drug-likeness (QED) is 0.0111. The summed E-state index contributed by atoms with van der Waals surface area (Å²) in [6.07, 6.45) is 2.56. The number of phosphoric ester groups is 4. The van der Waals surface area contributed by atoms with Gasteiger partial charge in [-0.3, -0.25) is 32.2 Å². The summed E-state index contributed by atoms with van der Waals surface area (Å²) in [7, 11) is -22.8. The molecule has 1 saturated carbocycles. The Balaban J connectivity index is -0.000000111. The fourth-order valence-corrected chi connectivity index (χ4v) is 9.17. The molecule has 72 heavy (non-hydrogen) atoms. The molecular weight excluding hydrogens is 1050 g/mol. The Morgan fingerprint density at radius 1 is 0.556 bits per heavy atom. The molecular formula is C44H88O23P4S. The second kappa shape index (κ2) is 39.2. The smallest absolute Gasteiger partial charge is 0.457 e. The average Bonchev–Trinajstić information content (AvgIpc) is 3.28. The summed E-state index contributed by atoms with van der Waals surface area (Å²) in [5, 5.41) is 33.0. The zero-order chi connectivity index (χ0) is 54.5. The Morgan fingerprint density at radius 2 is 0.972 bits per heavy atom. The molecule has 1 rings (SSSR count). The van der Waals surface area contributed by atoms with Gasteiger partial charge in [-0.25, -0.2) is 18.3 Å². The molecule has 0 aliphatic heterocycles. The van der Waals surface area contributed by atoms with Crippen LogP contribution < -0.4 is 0 Å². The Bertz CT molecular complexity index is 2300. The summed E-state index contributed by atoms with van der Waals surface area (Å²) in [6, 6.07) is 0. The van der Waals surface area contributed by atoms with Crippen molar-refractivity contribution in [3.63, 3.8) is 0 Å². The van der Waals surface area contributed by atoms with Crippen molar-refractivity contribution in [3.05, 3.63) is 0 Å². The van der Waals surface area contributed by atoms with Gasteiger partial charge in [-0.1, -0.05) is 90.9 Å². The number of carbonyl (C=O) groups excluding carboxylic acids is 2. The third-order valence-electron chi connectivity index (χ3n) is 8.99. The van der Waals surface area contributed by atoms with Gasteiger partial charge in [0.05, 0.1) is 13.2 Å². The number of terminal acetylenes is 1. The highest BCUT2D eigenvalue weighted by Crippen LogP contribution is 2.53. The molecule has 1 aliphatic carbocycles. The lowest BCUT2D eigenvalue weighted by Crippen LogP contribution is -2.65. The number of rotatable bonds is 31. The summed E-state index contributed by atoms with van der Waals surface area (Å²) in [5.41, 5.74) is 0. The van der Waals surface area contributed by atoms with Gasteiger partial charge in [-0.05, 0) is 89.1 Å². The fourth-order valence-electron chi connectivity index (χ4n) is 5.99. The molecule has 0 aromatic carbocycles. The van der Waals surface area contributed by atoms with Crippen molar-refractivity contribution in [1.82, 2.24) is 0 Å². The highest BCUT2D eigenvalue weighted by molar-refractivity contribution is 8.17. The number of carbonyl (C=O) groups is 2. The van der Waals surface area contributed by atoms with Crippen molar-refractivity contribution < 1.29 is 128 Å². The molecule has 0 aromatic heterocycles. The lowest BCUT2D eigenvalue weighted by molar-refractivity contribution is -0.209. The Hall–Kier alpha value is -3.31. The minimum atomic E-state index is -5.75. The predicted molar refractivity (Wildman–Crippen MR) is 287 cm³/mol. The van der Waals surface area contributed by atoms with Crippen molar-refractivity contribution >= 4 is 54.1 Å². The van der Waals surface area contributed by atoms with Crippen molar-refractivity contribution in [3.8, 4) is 82.7 Å². The molecule has 10 N–H and O–H groups in total. The SMILES string of the molecule is C#CC#CC#CC#CC#CC#CC#CSC(=O)CCC.CCCCCCCCCCCCCCCC(=O)O[C@H](COCO)COP(=O)(O)OC1C(O)[C@H](OP(=O)(O)O)C(OP(=O)(O)O)C(OP(=O)(O)O)[C@@H]1O.[HH].[HH].[HH].[HH].[HH].[HH].[HH].[HH].[HH].[HH].[HH].[HH].[HH]. The topological polar surface area (TPSA) is 369 Å². The Kier molecular flexibility index (Phi) is 37.4. The van der Waals surface area contributed by atoms with E-state index >= 15 is 0 Å². The van der Waals surface area contributed by atoms with Gasteiger partial charge in [-0.15, -0.1) is 6.42 Å². The lowest BCUT2D eigenvalue weighted by Gasteiger charge is -2.45. The largest absolute Gasteiger partial charge is 0.472 e. The van der Waals surface area contributed by atoms with E-state index in [-0.39, 0.29) is 30.1 Å². The minimum absolute atomic E-state index is 0. The summed E-state index contributed by atoms with van der Waals surface area (Å²) >= 11 is 0.959. The summed E-state index contributed by atoms with van der Waals surface area (Å²) in [6.45, 7) is 1.76. The first kappa shape index (κ1) is 68.7. The van der Waals surface area contributed by atoms with Gasteiger partial charge in [0, 0.05) is 43.1 Å². The van der Waals surface area contributed by atoms with Gasteiger partial charge in [-0.2, -0.15) is 0 Å². The zero-order valence-corrected chi connectivity index (χ0v) is 43.9. The maximum absolute atomic E-state index is 12.9. The van der Waals surface area contributed by atoms with Crippen LogP contribution in [0.25, 0.3) is 0 Å². The third-order valence-corrected chi connectivity index (χ3v) is 12.2. The molecule has 5 unspecified atom stereocenters. The summed E-state index contributed by atoms with van der Waals surface area (Å²) in [4.78, 5) is 89.5. The van der Waals surface area contributed by atoms with E-state index in [1.807, 2.05) is 6.92 Å². The predicted octanol–water partition coefficient (Wildman–Crippen LogP) is 6.87. The van der Waals surface area contributed by atoms with Crippen molar-refractivity contribution in [2.45, 2.75) is 159 Å². The number of aliphatic hydroxyl groups excluding tert-OH is 3. The van der Waals surface area contributed by atoms with Crippen LogP contribution in [0.5, 0.6) is 0 Å². The summed E-state index contributed by atoms with van der Waals surface area (Å²) in [5.74, 6) is 28.4.